The number of hydrogen-bond acceptors (Lipinski definition) is 3. The van der Waals surface area contributed by atoms with Crippen molar-refractivity contribution in [3.05, 3.63) is 62.9 Å². The summed E-state index contributed by atoms with van der Waals surface area (Å²) in [7, 11) is 0. The SMILES string of the molecule is CCOC(=O)\C=C(C)/C=C\C=C(C)/C=C\c1c(C)csc1C. The summed E-state index contributed by atoms with van der Waals surface area (Å²) in [4.78, 5) is 12.6. The summed E-state index contributed by atoms with van der Waals surface area (Å²) in [6.45, 7) is 10.4. The molecule has 0 atom stereocenters. The lowest BCUT2D eigenvalue weighted by Crippen LogP contribution is -1.99. The van der Waals surface area contributed by atoms with Gasteiger partial charge in [0.25, 0.3) is 0 Å². The van der Waals surface area contributed by atoms with Gasteiger partial charge in [0.2, 0.25) is 0 Å². The molecule has 3 heteroatoms. The zero-order chi connectivity index (χ0) is 16.5. The molecule has 0 saturated heterocycles. The molecule has 0 unspecified atom stereocenters. The smallest absolute Gasteiger partial charge is 0.330 e. The third-order valence-corrected chi connectivity index (χ3v) is 4.12. The van der Waals surface area contributed by atoms with Crippen molar-refractivity contribution < 1.29 is 9.53 Å². The Morgan fingerprint density at radius 2 is 1.95 bits per heavy atom. The van der Waals surface area contributed by atoms with E-state index in [1.165, 1.54) is 22.1 Å². The maximum Gasteiger partial charge on any atom is 0.330 e. The summed E-state index contributed by atoms with van der Waals surface area (Å²) in [6, 6.07) is 0. The number of rotatable bonds is 6. The van der Waals surface area contributed by atoms with E-state index < -0.39 is 0 Å². The second-order valence-electron chi connectivity index (χ2n) is 5.13. The molecule has 0 fully saturated rings. The zero-order valence-corrected chi connectivity index (χ0v) is 14.8. The molecule has 0 aliphatic rings. The molecule has 0 saturated carbocycles. The van der Waals surface area contributed by atoms with Gasteiger partial charge in [0.05, 0.1) is 6.61 Å². The van der Waals surface area contributed by atoms with Crippen molar-refractivity contribution in [3.63, 3.8) is 0 Å². The predicted octanol–water partition coefficient (Wildman–Crippen LogP) is 5.39. The Bertz CT molecular complexity index is 608. The monoisotopic (exact) mass is 316 g/mol. The normalized spacial score (nSPS) is 13.3. The Morgan fingerprint density at radius 3 is 2.55 bits per heavy atom. The minimum atomic E-state index is -0.298. The van der Waals surface area contributed by atoms with Crippen LogP contribution in [0.5, 0.6) is 0 Å². The fourth-order valence-electron chi connectivity index (χ4n) is 1.87. The average molecular weight is 316 g/mol. The number of hydrogen-bond donors (Lipinski definition) is 0. The molecule has 2 nitrogen and oxygen atoms in total. The average Bonchev–Trinajstić information content (AvgIpc) is 2.76. The molecule has 118 valence electrons. The van der Waals surface area contributed by atoms with E-state index in [-0.39, 0.29) is 5.97 Å². The van der Waals surface area contributed by atoms with E-state index in [9.17, 15) is 4.79 Å². The highest BCUT2D eigenvalue weighted by Gasteiger charge is 2.00. The fraction of sp³-hybridized carbons (Fsp3) is 0.316. The lowest BCUT2D eigenvalue weighted by molar-refractivity contribution is -0.137. The van der Waals surface area contributed by atoms with E-state index in [1.807, 2.05) is 25.2 Å². The first-order valence-electron chi connectivity index (χ1n) is 7.36. The van der Waals surface area contributed by atoms with Gasteiger partial charge >= 0.3 is 5.97 Å². The number of carbonyl (C=O) groups excluding carboxylic acids is 1. The first-order chi connectivity index (χ1) is 10.4. The molecule has 22 heavy (non-hydrogen) atoms. The van der Waals surface area contributed by atoms with Gasteiger partial charge in [0.1, 0.15) is 0 Å². The van der Waals surface area contributed by atoms with Crippen molar-refractivity contribution >= 4 is 23.4 Å². The molecule has 0 aliphatic carbocycles. The van der Waals surface area contributed by atoms with Gasteiger partial charge in [-0.05, 0) is 56.7 Å². The first kappa shape index (κ1) is 18.2. The van der Waals surface area contributed by atoms with Gasteiger partial charge in [-0.15, -0.1) is 11.3 Å². The quantitative estimate of drug-likeness (QED) is 0.399. The highest BCUT2D eigenvalue weighted by atomic mass is 32.1. The minimum absolute atomic E-state index is 0.298. The number of thiophene rings is 1. The molecule has 0 N–H and O–H groups in total. The summed E-state index contributed by atoms with van der Waals surface area (Å²) in [5.41, 5.74) is 4.65. The van der Waals surface area contributed by atoms with E-state index in [2.05, 4.69) is 38.3 Å². The van der Waals surface area contributed by atoms with Crippen LogP contribution in [-0.2, 0) is 9.53 Å². The Kier molecular flexibility index (Phi) is 7.61. The maximum absolute atomic E-state index is 11.3. The van der Waals surface area contributed by atoms with Crippen LogP contribution in [0.1, 0.15) is 36.8 Å². The van der Waals surface area contributed by atoms with E-state index in [4.69, 9.17) is 4.74 Å². The Balaban J connectivity index is 2.66. The van der Waals surface area contributed by atoms with Crippen LogP contribution in [0.4, 0.5) is 0 Å². The molecule has 1 aromatic heterocycles. The Morgan fingerprint density at radius 1 is 1.23 bits per heavy atom. The predicted molar refractivity (Wildman–Crippen MR) is 96.1 cm³/mol. The minimum Gasteiger partial charge on any atom is -0.463 e. The van der Waals surface area contributed by atoms with E-state index in [0.29, 0.717) is 6.61 Å². The van der Waals surface area contributed by atoms with Crippen molar-refractivity contribution in [3.8, 4) is 0 Å². The van der Waals surface area contributed by atoms with Gasteiger partial charge in [-0.2, -0.15) is 0 Å². The number of aryl methyl sites for hydroxylation is 2. The molecule has 0 amide bonds. The van der Waals surface area contributed by atoms with Crippen LogP contribution in [0.15, 0.2) is 46.9 Å². The van der Waals surface area contributed by atoms with Crippen molar-refractivity contribution in [2.75, 3.05) is 6.61 Å². The topological polar surface area (TPSA) is 26.3 Å². The fourth-order valence-corrected chi connectivity index (χ4v) is 2.71. The van der Waals surface area contributed by atoms with Crippen LogP contribution in [0, 0.1) is 13.8 Å². The summed E-state index contributed by atoms with van der Waals surface area (Å²) in [6.07, 6.45) is 11.6. The molecular weight excluding hydrogens is 292 g/mol. The molecule has 0 spiro atoms. The van der Waals surface area contributed by atoms with Crippen LogP contribution < -0.4 is 0 Å². The largest absolute Gasteiger partial charge is 0.463 e. The van der Waals surface area contributed by atoms with Crippen LogP contribution in [0.25, 0.3) is 6.08 Å². The van der Waals surface area contributed by atoms with Crippen LogP contribution >= 0.6 is 11.3 Å². The first-order valence-corrected chi connectivity index (χ1v) is 8.24. The van der Waals surface area contributed by atoms with Crippen molar-refractivity contribution in [1.82, 2.24) is 0 Å². The molecule has 0 radical (unpaired) electrons. The number of carbonyl (C=O) groups is 1. The second-order valence-corrected chi connectivity index (χ2v) is 6.22. The highest BCUT2D eigenvalue weighted by Crippen LogP contribution is 2.22. The van der Waals surface area contributed by atoms with Gasteiger partial charge in [0, 0.05) is 11.0 Å². The van der Waals surface area contributed by atoms with E-state index in [1.54, 1.807) is 18.3 Å². The summed E-state index contributed by atoms with van der Waals surface area (Å²) in [5.74, 6) is -0.298. The van der Waals surface area contributed by atoms with Crippen molar-refractivity contribution in [2.24, 2.45) is 0 Å². The lowest BCUT2D eigenvalue weighted by Gasteiger charge is -1.96. The highest BCUT2D eigenvalue weighted by molar-refractivity contribution is 7.10. The van der Waals surface area contributed by atoms with Gasteiger partial charge in [0.15, 0.2) is 0 Å². The molecule has 1 aromatic rings. The molecular formula is C19H24O2S. The van der Waals surface area contributed by atoms with Gasteiger partial charge in [-0.1, -0.05) is 36.0 Å². The molecule has 0 bridgehead atoms. The summed E-state index contributed by atoms with van der Waals surface area (Å²) < 4.78 is 4.87. The molecule has 0 aliphatic heterocycles. The lowest BCUT2D eigenvalue weighted by atomic mass is 10.1. The maximum atomic E-state index is 11.3. The summed E-state index contributed by atoms with van der Waals surface area (Å²) >= 11 is 1.78. The Labute approximate surface area is 137 Å². The molecule has 1 heterocycles. The van der Waals surface area contributed by atoms with Gasteiger partial charge in [-0.3, -0.25) is 0 Å². The van der Waals surface area contributed by atoms with Crippen LogP contribution in [0.3, 0.4) is 0 Å². The zero-order valence-electron chi connectivity index (χ0n) is 14.0. The number of esters is 1. The van der Waals surface area contributed by atoms with Crippen molar-refractivity contribution in [1.29, 1.82) is 0 Å². The van der Waals surface area contributed by atoms with E-state index in [0.717, 1.165) is 11.1 Å². The standard InChI is InChI=1S/C19H24O2S/c1-6-21-19(20)12-15(3)9-7-8-14(2)10-11-18-16(4)13-22-17(18)5/h7-13H,6H2,1-5H3/b9-7-,11-10-,14-8-,15-12-. The third-order valence-electron chi connectivity index (χ3n) is 3.08. The molecule has 0 aromatic carbocycles. The van der Waals surface area contributed by atoms with Gasteiger partial charge < -0.3 is 4.74 Å². The van der Waals surface area contributed by atoms with Crippen molar-refractivity contribution in [2.45, 2.75) is 34.6 Å². The van der Waals surface area contributed by atoms with Crippen LogP contribution in [0.2, 0.25) is 0 Å². The molecule has 1 rings (SSSR count). The number of ether oxygens (including phenoxy) is 1. The second kappa shape index (κ2) is 9.21. The third kappa shape index (κ3) is 6.27. The summed E-state index contributed by atoms with van der Waals surface area (Å²) in [5, 5.41) is 2.18. The Hall–Kier alpha value is -1.87. The van der Waals surface area contributed by atoms with E-state index >= 15 is 0 Å². The number of allylic oxidation sites excluding steroid dienone is 6. The van der Waals surface area contributed by atoms with Crippen LogP contribution in [-0.4, -0.2) is 12.6 Å². The van der Waals surface area contributed by atoms with Gasteiger partial charge in [-0.25, -0.2) is 4.79 Å².